The van der Waals surface area contributed by atoms with E-state index in [1.807, 2.05) is 67.6 Å². The van der Waals surface area contributed by atoms with E-state index in [0.29, 0.717) is 22.9 Å². The van der Waals surface area contributed by atoms with E-state index in [1.54, 1.807) is 23.1 Å². The third-order valence-corrected chi connectivity index (χ3v) is 9.46. The number of amides is 1. The maximum Gasteiger partial charge on any atom is 0.253 e. The van der Waals surface area contributed by atoms with Gasteiger partial charge in [-0.25, -0.2) is 13.4 Å². The van der Waals surface area contributed by atoms with Crippen molar-refractivity contribution in [3.05, 3.63) is 84.4 Å². The van der Waals surface area contributed by atoms with Crippen LogP contribution in [0.2, 0.25) is 0 Å². The van der Waals surface area contributed by atoms with Gasteiger partial charge in [0.2, 0.25) is 0 Å². The third kappa shape index (κ3) is 4.17. The summed E-state index contributed by atoms with van der Waals surface area (Å²) in [6, 6.07) is 24.0. The van der Waals surface area contributed by atoms with Crippen LogP contribution in [0.25, 0.3) is 21.5 Å². The van der Waals surface area contributed by atoms with Gasteiger partial charge in [0.15, 0.2) is 0 Å². The largest absolute Gasteiger partial charge is 0.336 e. The predicted octanol–water partition coefficient (Wildman–Crippen LogP) is 4.50. The molecule has 0 aliphatic carbocycles. The predicted molar refractivity (Wildman–Crippen MR) is 131 cm³/mol. The first-order chi connectivity index (χ1) is 15.9. The third-order valence-electron chi connectivity index (χ3n) is 5.87. The van der Waals surface area contributed by atoms with E-state index < -0.39 is 10.0 Å². The molecule has 1 fully saturated rings. The molecular formula is C25H23N3O3S2. The van der Waals surface area contributed by atoms with Crippen molar-refractivity contribution in [2.45, 2.75) is 17.2 Å². The Bertz CT molecular complexity index is 1420. The minimum atomic E-state index is -3.67. The highest BCUT2D eigenvalue weighted by molar-refractivity contribution is 7.91. The number of carbonyl (C=O) groups is 1. The summed E-state index contributed by atoms with van der Waals surface area (Å²) in [5, 5.41) is 1.04. The highest BCUT2D eigenvalue weighted by Gasteiger charge is 2.36. The van der Waals surface area contributed by atoms with Crippen molar-refractivity contribution in [1.29, 1.82) is 0 Å². The second-order valence-corrected chi connectivity index (χ2v) is 11.3. The van der Waals surface area contributed by atoms with Crippen molar-refractivity contribution < 1.29 is 13.2 Å². The van der Waals surface area contributed by atoms with Gasteiger partial charge >= 0.3 is 0 Å². The number of fused-ring (bicyclic) bond motifs is 1. The maximum absolute atomic E-state index is 13.4. The fourth-order valence-electron chi connectivity index (χ4n) is 4.16. The Hall–Kier alpha value is -3.07. The molecule has 3 heterocycles. The molecule has 2 aromatic heterocycles. The topological polar surface area (TPSA) is 70.6 Å². The average molecular weight is 478 g/mol. The molecule has 8 heteroatoms. The summed E-state index contributed by atoms with van der Waals surface area (Å²) in [7, 11) is -3.67. The normalized spacial score (nSPS) is 17.4. The van der Waals surface area contributed by atoms with Crippen LogP contribution in [0, 0.1) is 0 Å². The van der Waals surface area contributed by atoms with Crippen molar-refractivity contribution in [2.75, 3.05) is 19.6 Å². The van der Waals surface area contributed by atoms with E-state index in [-0.39, 0.29) is 18.5 Å². The molecule has 2 aromatic carbocycles. The highest BCUT2D eigenvalue weighted by atomic mass is 32.2. The molecule has 33 heavy (non-hydrogen) atoms. The zero-order valence-electron chi connectivity index (χ0n) is 18.1. The number of hydrogen-bond acceptors (Lipinski definition) is 5. The average Bonchev–Trinajstić information content (AvgIpc) is 3.35. The lowest BCUT2D eigenvalue weighted by Crippen LogP contribution is -2.55. The quantitative estimate of drug-likeness (QED) is 0.434. The number of aromatic nitrogens is 1. The lowest BCUT2D eigenvalue weighted by Gasteiger charge is -2.38. The number of nitrogens with zero attached hydrogens (tertiary/aromatic N) is 3. The summed E-state index contributed by atoms with van der Waals surface area (Å²) in [5.74, 6) is -0.0692. The Morgan fingerprint density at radius 1 is 0.939 bits per heavy atom. The molecule has 1 atom stereocenters. The van der Waals surface area contributed by atoms with Crippen molar-refractivity contribution in [2.24, 2.45) is 0 Å². The van der Waals surface area contributed by atoms with Crippen molar-refractivity contribution >= 4 is 38.2 Å². The summed E-state index contributed by atoms with van der Waals surface area (Å²) in [5.41, 5.74) is 2.25. The van der Waals surface area contributed by atoms with Crippen LogP contribution in [-0.2, 0) is 10.0 Å². The fraction of sp³-hybridized carbons (Fsp3) is 0.200. The molecule has 6 nitrogen and oxygen atoms in total. The molecule has 0 N–H and O–H groups in total. The molecular weight excluding hydrogens is 454 g/mol. The van der Waals surface area contributed by atoms with Gasteiger partial charge in [0.25, 0.3) is 15.9 Å². The lowest BCUT2D eigenvalue weighted by atomic mass is 10.1. The molecule has 1 unspecified atom stereocenters. The van der Waals surface area contributed by atoms with Crippen LogP contribution in [0.3, 0.4) is 0 Å². The molecule has 0 radical (unpaired) electrons. The molecule has 1 saturated heterocycles. The first-order valence-corrected chi connectivity index (χ1v) is 13.0. The number of rotatable bonds is 4. The van der Waals surface area contributed by atoms with Gasteiger partial charge in [0, 0.05) is 36.6 Å². The van der Waals surface area contributed by atoms with Crippen LogP contribution in [0.15, 0.2) is 83.1 Å². The minimum Gasteiger partial charge on any atom is -0.336 e. The molecule has 0 spiro atoms. The molecule has 0 saturated carbocycles. The number of thiophene rings is 1. The van der Waals surface area contributed by atoms with Gasteiger partial charge in [-0.1, -0.05) is 42.5 Å². The Balaban J connectivity index is 1.35. The number of para-hydroxylation sites is 1. The number of piperazine rings is 1. The van der Waals surface area contributed by atoms with E-state index >= 15 is 0 Å². The molecule has 168 valence electrons. The number of sulfonamides is 1. The molecule has 1 amide bonds. The fourth-order valence-corrected chi connectivity index (χ4v) is 7.18. The summed E-state index contributed by atoms with van der Waals surface area (Å²) >= 11 is 1.23. The van der Waals surface area contributed by atoms with E-state index in [2.05, 4.69) is 4.98 Å². The Morgan fingerprint density at radius 3 is 2.48 bits per heavy atom. The summed E-state index contributed by atoms with van der Waals surface area (Å²) in [6.45, 7) is 2.84. The van der Waals surface area contributed by atoms with Gasteiger partial charge in [-0.15, -0.1) is 11.3 Å². The van der Waals surface area contributed by atoms with Gasteiger partial charge in [-0.3, -0.25) is 4.79 Å². The van der Waals surface area contributed by atoms with E-state index in [4.69, 9.17) is 0 Å². The van der Waals surface area contributed by atoms with Gasteiger partial charge in [0.05, 0.1) is 16.1 Å². The van der Waals surface area contributed by atoms with E-state index in [0.717, 1.165) is 21.5 Å². The number of benzene rings is 2. The maximum atomic E-state index is 13.4. The number of hydrogen-bond donors (Lipinski definition) is 0. The first kappa shape index (κ1) is 21.8. The van der Waals surface area contributed by atoms with Crippen LogP contribution in [0.1, 0.15) is 17.3 Å². The van der Waals surface area contributed by atoms with Gasteiger partial charge in [-0.2, -0.15) is 4.31 Å². The summed E-state index contributed by atoms with van der Waals surface area (Å²) < 4.78 is 28.6. The second-order valence-electron chi connectivity index (χ2n) is 8.09. The molecule has 4 aromatic rings. The molecule has 0 bridgehead atoms. The van der Waals surface area contributed by atoms with Crippen LogP contribution in [0.4, 0.5) is 0 Å². The summed E-state index contributed by atoms with van der Waals surface area (Å²) in [4.78, 5) is 20.0. The van der Waals surface area contributed by atoms with E-state index in [9.17, 15) is 13.2 Å². The lowest BCUT2D eigenvalue weighted by molar-refractivity contribution is 0.0642. The molecule has 1 aliphatic rings. The second kappa shape index (κ2) is 8.70. The standard InChI is InChI=1S/C25H23N3O3S2/c1-18-17-27(25(29)20-8-3-2-4-9-20)15-16-28(18)33(30,31)24-14-13-23(32-24)22-12-11-19-7-5-6-10-21(19)26-22/h2-14,18H,15-17H2,1H3. The Labute approximate surface area is 197 Å². The number of pyridine rings is 1. The highest BCUT2D eigenvalue weighted by Crippen LogP contribution is 2.33. The summed E-state index contributed by atoms with van der Waals surface area (Å²) in [6.07, 6.45) is 0. The minimum absolute atomic E-state index is 0.0692. The van der Waals surface area contributed by atoms with Crippen molar-refractivity contribution in [1.82, 2.24) is 14.2 Å². The van der Waals surface area contributed by atoms with Crippen LogP contribution in [-0.4, -0.2) is 54.2 Å². The van der Waals surface area contributed by atoms with Gasteiger partial charge in [-0.05, 0) is 43.3 Å². The Morgan fingerprint density at radius 2 is 1.70 bits per heavy atom. The molecule has 1 aliphatic heterocycles. The monoisotopic (exact) mass is 477 g/mol. The smallest absolute Gasteiger partial charge is 0.253 e. The number of carbonyl (C=O) groups excluding carboxylic acids is 1. The van der Waals surface area contributed by atoms with Crippen LogP contribution >= 0.6 is 11.3 Å². The molecule has 5 rings (SSSR count). The first-order valence-electron chi connectivity index (χ1n) is 10.8. The zero-order chi connectivity index (χ0) is 23.0. The van der Waals surface area contributed by atoms with Crippen molar-refractivity contribution in [3.63, 3.8) is 0 Å². The van der Waals surface area contributed by atoms with Gasteiger partial charge in [0.1, 0.15) is 4.21 Å². The Kier molecular flexibility index (Phi) is 5.74. The van der Waals surface area contributed by atoms with Crippen molar-refractivity contribution in [3.8, 4) is 10.6 Å². The van der Waals surface area contributed by atoms with Crippen LogP contribution < -0.4 is 0 Å². The van der Waals surface area contributed by atoms with E-state index in [1.165, 1.54) is 15.6 Å². The zero-order valence-corrected chi connectivity index (χ0v) is 19.7. The SMILES string of the molecule is CC1CN(C(=O)c2ccccc2)CCN1S(=O)(=O)c1ccc(-c2ccc3ccccc3n2)s1. The van der Waals surface area contributed by atoms with Crippen LogP contribution in [0.5, 0.6) is 0 Å². The van der Waals surface area contributed by atoms with Gasteiger partial charge < -0.3 is 4.90 Å².